The molecule has 0 heterocycles. The van der Waals surface area contributed by atoms with E-state index in [0.717, 1.165) is 0 Å². The highest BCUT2D eigenvalue weighted by Gasteiger charge is 2.25. The molecule has 0 radical (unpaired) electrons. The van der Waals surface area contributed by atoms with Crippen LogP contribution in [0.2, 0.25) is 13.1 Å². The van der Waals surface area contributed by atoms with Crippen LogP contribution >= 0.6 is 11.1 Å². The molecule has 0 aliphatic carbocycles. The van der Waals surface area contributed by atoms with E-state index in [4.69, 9.17) is 15.5 Å². The first-order valence-electron chi connectivity index (χ1n) is 3.10. The first-order valence-corrected chi connectivity index (χ1v) is 7.02. The molecular formula is C6H15ClOSi. The van der Waals surface area contributed by atoms with Gasteiger partial charge in [-0.25, -0.2) is 0 Å². The van der Waals surface area contributed by atoms with E-state index in [0.29, 0.717) is 0 Å². The van der Waals surface area contributed by atoms with Crippen molar-refractivity contribution in [2.75, 3.05) is 0 Å². The monoisotopic (exact) mass is 166 g/mol. The van der Waals surface area contributed by atoms with Gasteiger partial charge in [0.25, 0.3) is 7.63 Å². The van der Waals surface area contributed by atoms with E-state index in [-0.39, 0.29) is 5.60 Å². The van der Waals surface area contributed by atoms with E-state index in [1.807, 2.05) is 33.9 Å². The summed E-state index contributed by atoms with van der Waals surface area (Å²) in [7, 11) is -1.82. The summed E-state index contributed by atoms with van der Waals surface area (Å²) < 4.78 is 5.53. The van der Waals surface area contributed by atoms with Crippen molar-refractivity contribution >= 4 is 18.7 Å². The molecule has 0 bridgehead atoms. The maximum atomic E-state index is 5.93. The highest BCUT2D eigenvalue weighted by Crippen LogP contribution is 2.18. The summed E-state index contributed by atoms with van der Waals surface area (Å²) in [6.45, 7) is 10.00. The summed E-state index contributed by atoms with van der Waals surface area (Å²) in [6.07, 6.45) is 0. The SMILES string of the molecule is CC(C)(C)O[Si](C)(C)Cl. The molecule has 0 fully saturated rings. The Bertz CT molecular complexity index is 78.2. The van der Waals surface area contributed by atoms with Crippen LogP contribution in [-0.4, -0.2) is 13.2 Å². The van der Waals surface area contributed by atoms with Crippen LogP contribution in [-0.2, 0) is 4.43 Å². The quantitative estimate of drug-likeness (QED) is 0.430. The van der Waals surface area contributed by atoms with Gasteiger partial charge in [0.1, 0.15) is 0 Å². The zero-order valence-electron chi connectivity index (χ0n) is 6.79. The van der Waals surface area contributed by atoms with Gasteiger partial charge in [-0.05, 0) is 33.9 Å². The first-order chi connectivity index (χ1) is 3.71. The summed E-state index contributed by atoms with van der Waals surface area (Å²) in [4.78, 5) is 0. The van der Waals surface area contributed by atoms with Crippen molar-refractivity contribution < 1.29 is 4.43 Å². The van der Waals surface area contributed by atoms with Gasteiger partial charge in [0.2, 0.25) is 0 Å². The molecule has 0 aliphatic heterocycles. The van der Waals surface area contributed by atoms with Gasteiger partial charge >= 0.3 is 0 Å². The minimum Gasteiger partial charge on any atom is -0.398 e. The summed E-state index contributed by atoms with van der Waals surface area (Å²) in [6, 6.07) is 0. The minimum atomic E-state index is -1.82. The largest absolute Gasteiger partial charge is 0.398 e. The molecule has 56 valence electrons. The Kier molecular flexibility index (Phi) is 2.74. The van der Waals surface area contributed by atoms with Gasteiger partial charge in [0.15, 0.2) is 0 Å². The number of halogens is 1. The van der Waals surface area contributed by atoms with E-state index in [1.165, 1.54) is 0 Å². The van der Waals surface area contributed by atoms with Gasteiger partial charge in [-0.15, -0.1) is 11.1 Å². The van der Waals surface area contributed by atoms with Crippen LogP contribution in [0.1, 0.15) is 20.8 Å². The van der Waals surface area contributed by atoms with Gasteiger partial charge in [-0.2, -0.15) is 0 Å². The van der Waals surface area contributed by atoms with Crippen LogP contribution in [0.3, 0.4) is 0 Å². The molecule has 0 aromatic carbocycles. The predicted octanol–water partition coefficient (Wildman–Crippen LogP) is 2.74. The van der Waals surface area contributed by atoms with E-state index in [9.17, 15) is 0 Å². The fraction of sp³-hybridized carbons (Fsp3) is 1.00. The summed E-state index contributed by atoms with van der Waals surface area (Å²) in [5, 5.41) is 0. The number of hydrogen-bond donors (Lipinski definition) is 0. The second-order valence-electron chi connectivity index (χ2n) is 3.58. The third-order valence-electron chi connectivity index (χ3n) is 0.549. The predicted molar refractivity (Wildman–Crippen MR) is 44.2 cm³/mol. The van der Waals surface area contributed by atoms with Crippen LogP contribution in [0.5, 0.6) is 0 Å². The molecule has 0 aromatic heterocycles. The smallest absolute Gasteiger partial charge is 0.284 e. The van der Waals surface area contributed by atoms with Crippen LogP contribution in [0, 0.1) is 0 Å². The Hall–Kier alpha value is 0.467. The van der Waals surface area contributed by atoms with E-state index in [1.54, 1.807) is 0 Å². The normalized spacial score (nSPS) is 14.0. The molecule has 0 unspecified atom stereocenters. The fourth-order valence-corrected chi connectivity index (χ4v) is 2.88. The molecule has 0 rings (SSSR count). The molecule has 0 N–H and O–H groups in total. The lowest BCUT2D eigenvalue weighted by atomic mass is 10.2. The molecule has 0 saturated carbocycles. The van der Waals surface area contributed by atoms with E-state index >= 15 is 0 Å². The highest BCUT2D eigenvalue weighted by molar-refractivity contribution is 7.15. The van der Waals surface area contributed by atoms with Gasteiger partial charge in [-0.1, -0.05) is 0 Å². The van der Waals surface area contributed by atoms with Crippen molar-refractivity contribution in [2.45, 2.75) is 39.5 Å². The molecule has 0 spiro atoms. The lowest BCUT2D eigenvalue weighted by molar-refractivity contribution is 0.128. The van der Waals surface area contributed by atoms with Crippen LogP contribution in [0.4, 0.5) is 0 Å². The van der Waals surface area contributed by atoms with E-state index < -0.39 is 7.63 Å². The molecule has 0 atom stereocenters. The maximum absolute atomic E-state index is 5.93. The van der Waals surface area contributed by atoms with Gasteiger partial charge in [-0.3, -0.25) is 0 Å². The van der Waals surface area contributed by atoms with Crippen molar-refractivity contribution in [3.8, 4) is 0 Å². The van der Waals surface area contributed by atoms with Crippen molar-refractivity contribution in [3.05, 3.63) is 0 Å². The van der Waals surface area contributed by atoms with E-state index in [2.05, 4.69) is 0 Å². The van der Waals surface area contributed by atoms with Crippen LogP contribution < -0.4 is 0 Å². The van der Waals surface area contributed by atoms with Crippen molar-refractivity contribution in [2.24, 2.45) is 0 Å². The lowest BCUT2D eigenvalue weighted by Gasteiger charge is -2.27. The molecule has 0 aromatic rings. The van der Waals surface area contributed by atoms with Crippen molar-refractivity contribution in [3.63, 3.8) is 0 Å². The average Bonchev–Trinajstić information content (AvgIpc) is 1.14. The summed E-state index contributed by atoms with van der Waals surface area (Å²) in [5.74, 6) is 0. The molecule has 0 saturated heterocycles. The third-order valence-corrected chi connectivity index (χ3v) is 1.88. The number of hydrogen-bond acceptors (Lipinski definition) is 1. The van der Waals surface area contributed by atoms with Gasteiger partial charge in [0.05, 0.1) is 0 Å². The van der Waals surface area contributed by atoms with Gasteiger partial charge in [0, 0.05) is 5.60 Å². The average molecular weight is 167 g/mol. The Balaban J connectivity index is 3.75. The Morgan fingerprint density at radius 2 is 1.56 bits per heavy atom. The standard InChI is InChI=1S/C6H15ClOSi/c1-6(2,3)8-9(4,5)7/h1-5H3. The third kappa shape index (κ3) is 8.47. The fourth-order valence-electron chi connectivity index (χ4n) is 0.728. The van der Waals surface area contributed by atoms with Crippen molar-refractivity contribution in [1.82, 2.24) is 0 Å². The maximum Gasteiger partial charge on any atom is 0.284 e. The second kappa shape index (κ2) is 2.60. The molecule has 9 heavy (non-hydrogen) atoms. The molecular weight excluding hydrogens is 152 g/mol. The first kappa shape index (κ1) is 9.47. The second-order valence-corrected chi connectivity index (χ2v) is 9.24. The van der Waals surface area contributed by atoms with Crippen LogP contribution in [0.15, 0.2) is 0 Å². The highest BCUT2D eigenvalue weighted by atomic mass is 35.6. The molecule has 0 aliphatic rings. The molecule has 0 amide bonds. The Morgan fingerprint density at radius 1 is 1.22 bits per heavy atom. The summed E-state index contributed by atoms with van der Waals surface area (Å²) >= 11 is 5.93. The molecule has 3 heteroatoms. The van der Waals surface area contributed by atoms with Crippen molar-refractivity contribution in [1.29, 1.82) is 0 Å². The Morgan fingerprint density at radius 3 is 1.56 bits per heavy atom. The molecule has 1 nitrogen and oxygen atoms in total. The zero-order valence-corrected chi connectivity index (χ0v) is 8.54. The van der Waals surface area contributed by atoms with Gasteiger partial charge < -0.3 is 4.43 Å². The minimum absolute atomic E-state index is 0.0858. The van der Waals surface area contributed by atoms with Crippen LogP contribution in [0.25, 0.3) is 0 Å². The Labute approximate surface area is 63.2 Å². The number of rotatable bonds is 1. The topological polar surface area (TPSA) is 9.23 Å². The summed E-state index contributed by atoms with van der Waals surface area (Å²) in [5.41, 5.74) is -0.0858. The zero-order chi connectivity index (χ0) is 7.71. The lowest BCUT2D eigenvalue weighted by Crippen LogP contribution is -2.34.